The lowest BCUT2D eigenvalue weighted by molar-refractivity contribution is 0.191. The second-order valence-electron chi connectivity index (χ2n) is 12.4. The van der Waals surface area contributed by atoms with E-state index in [-0.39, 0.29) is 5.54 Å². The molecule has 40 heavy (non-hydrogen) atoms. The SMILES string of the molecule is CC(C)CN(CCN)CCNCCN(CCNCCN)CCN(CCNCC(C)(C)N)CCC(CCN)CCN. The van der Waals surface area contributed by atoms with Crippen molar-refractivity contribution in [3.8, 4) is 0 Å². The van der Waals surface area contributed by atoms with Crippen molar-refractivity contribution in [2.24, 2.45) is 40.5 Å². The van der Waals surface area contributed by atoms with Crippen molar-refractivity contribution < 1.29 is 0 Å². The summed E-state index contributed by atoms with van der Waals surface area (Å²) < 4.78 is 0. The van der Waals surface area contributed by atoms with Gasteiger partial charge in [-0.05, 0) is 64.6 Å². The van der Waals surface area contributed by atoms with E-state index in [2.05, 4.69) is 58.3 Å². The molecule has 11 heteroatoms. The zero-order valence-corrected chi connectivity index (χ0v) is 26.9. The maximum Gasteiger partial charge on any atom is 0.0223 e. The maximum atomic E-state index is 6.17. The minimum atomic E-state index is -0.200. The normalized spacial score (nSPS) is 12.8. The molecule has 0 aliphatic heterocycles. The number of rotatable bonds is 30. The molecule has 0 saturated heterocycles. The van der Waals surface area contributed by atoms with E-state index in [0.29, 0.717) is 24.9 Å². The first kappa shape index (κ1) is 39.6. The lowest BCUT2D eigenvalue weighted by Crippen LogP contribution is -2.46. The summed E-state index contributed by atoms with van der Waals surface area (Å²) in [6, 6.07) is 0. The van der Waals surface area contributed by atoms with Crippen LogP contribution >= 0.6 is 0 Å². The summed E-state index contributed by atoms with van der Waals surface area (Å²) in [6.07, 6.45) is 3.25. The minimum Gasteiger partial charge on any atom is -0.330 e. The van der Waals surface area contributed by atoms with Crippen molar-refractivity contribution in [1.29, 1.82) is 0 Å². The van der Waals surface area contributed by atoms with E-state index in [9.17, 15) is 0 Å². The topological polar surface area (TPSA) is 176 Å². The number of nitrogens with zero attached hydrogens (tertiary/aromatic N) is 3. The molecule has 0 rings (SSSR count). The van der Waals surface area contributed by atoms with Gasteiger partial charge in [0.1, 0.15) is 0 Å². The molecular formula is C29H71N11. The molecule has 0 aromatic carbocycles. The highest BCUT2D eigenvalue weighted by Crippen LogP contribution is 2.13. The van der Waals surface area contributed by atoms with Crippen molar-refractivity contribution >= 4 is 0 Å². The van der Waals surface area contributed by atoms with Gasteiger partial charge in [-0.1, -0.05) is 13.8 Å². The van der Waals surface area contributed by atoms with Crippen LogP contribution in [0.3, 0.4) is 0 Å². The van der Waals surface area contributed by atoms with Gasteiger partial charge in [0, 0.05) is 110 Å². The molecule has 0 fully saturated rings. The molecule has 0 aliphatic carbocycles. The third-order valence-electron chi connectivity index (χ3n) is 7.13. The van der Waals surface area contributed by atoms with Crippen molar-refractivity contribution in [1.82, 2.24) is 30.7 Å². The molecule has 11 nitrogen and oxygen atoms in total. The molecule has 0 atom stereocenters. The van der Waals surface area contributed by atoms with Crippen molar-refractivity contribution in [2.75, 3.05) is 124 Å². The van der Waals surface area contributed by atoms with Crippen molar-refractivity contribution in [3.05, 3.63) is 0 Å². The molecule has 0 radical (unpaired) electrons. The quantitative estimate of drug-likeness (QED) is 0.0478. The molecule has 0 heterocycles. The highest BCUT2D eigenvalue weighted by Gasteiger charge is 2.15. The van der Waals surface area contributed by atoms with E-state index in [1.807, 2.05) is 0 Å². The standard InChI is InChI=1S/C29H71N11/c1-27(2)25-40(18-11-33)22-15-36-14-20-39(19-13-35-12-10-32)24-23-38(21-16-37-26-29(3,4)34)17-7-28(5-8-30)6-9-31/h27-28,35-37H,5-26,30-34H2,1-4H3. The van der Waals surface area contributed by atoms with Crippen LogP contribution in [0.25, 0.3) is 0 Å². The molecule has 0 saturated carbocycles. The summed E-state index contributed by atoms with van der Waals surface area (Å²) >= 11 is 0. The summed E-state index contributed by atoms with van der Waals surface area (Å²) in [5.74, 6) is 1.26. The van der Waals surface area contributed by atoms with E-state index >= 15 is 0 Å². The van der Waals surface area contributed by atoms with E-state index in [0.717, 1.165) is 131 Å². The Bertz CT molecular complexity index is 525. The van der Waals surface area contributed by atoms with E-state index in [1.54, 1.807) is 0 Å². The van der Waals surface area contributed by atoms with E-state index in [1.165, 1.54) is 0 Å². The average molecular weight is 574 g/mol. The molecule has 0 unspecified atom stereocenters. The Labute approximate surface area is 248 Å². The highest BCUT2D eigenvalue weighted by atomic mass is 15.2. The Morgan fingerprint density at radius 2 is 1.05 bits per heavy atom. The molecule has 0 aromatic heterocycles. The van der Waals surface area contributed by atoms with Gasteiger partial charge in [0.15, 0.2) is 0 Å². The molecule has 242 valence electrons. The fourth-order valence-corrected chi connectivity index (χ4v) is 4.93. The summed E-state index contributed by atoms with van der Waals surface area (Å²) in [5.41, 5.74) is 29.2. The van der Waals surface area contributed by atoms with Crippen LogP contribution in [0.1, 0.15) is 47.0 Å². The second kappa shape index (κ2) is 26.2. The molecule has 0 bridgehead atoms. The zero-order valence-electron chi connectivity index (χ0n) is 26.9. The van der Waals surface area contributed by atoms with Crippen LogP contribution in [-0.4, -0.2) is 145 Å². The lowest BCUT2D eigenvalue weighted by atomic mass is 9.97. The minimum absolute atomic E-state index is 0.200. The predicted molar refractivity (Wildman–Crippen MR) is 175 cm³/mol. The monoisotopic (exact) mass is 574 g/mol. The molecule has 0 spiro atoms. The lowest BCUT2D eigenvalue weighted by Gasteiger charge is -2.30. The van der Waals surface area contributed by atoms with E-state index < -0.39 is 0 Å². The van der Waals surface area contributed by atoms with Gasteiger partial charge in [-0.2, -0.15) is 0 Å². The van der Waals surface area contributed by atoms with Crippen LogP contribution in [0.4, 0.5) is 0 Å². The number of hydrogen-bond acceptors (Lipinski definition) is 11. The smallest absolute Gasteiger partial charge is 0.0223 e. The van der Waals surface area contributed by atoms with Crippen LogP contribution < -0.4 is 44.6 Å². The van der Waals surface area contributed by atoms with Crippen LogP contribution in [0.2, 0.25) is 0 Å². The fourth-order valence-electron chi connectivity index (χ4n) is 4.93. The summed E-state index contributed by atoms with van der Waals surface area (Å²) in [4.78, 5) is 7.64. The Hall–Kier alpha value is -0.440. The maximum absolute atomic E-state index is 6.17. The zero-order chi connectivity index (χ0) is 30.1. The molecule has 0 aliphatic rings. The van der Waals surface area contributed by atoms with Gasteiger partial charge in [-0.25, -0.2) is 0 Å². The molecule has 13 N–H and O–H groups in total. The van der Waals surface area contributed by atoms with Gasteiger partial charge in [-0.15, -0.1) is 0 Å². The Balaban J connectivity index is 4.91. The van der Waals surface area contributed by atoms with Crippen LogP contribution in [-0.2, 0) is 0 Å². The second-order valence-corrected chi connectivity index (χ2v) is 12.4. The van der Waals surface area contributed by atoms with Gasteiger partial charge in [0.2, 0.25) is 0 Å². The highest BCUT2D eigenvalue weighted by molar-refractivity contribution is 4.76. The first-order valence-corrected chi connectivity index (χ1v) is 16.0. The van der Waals surface area contributed by atoms with Gasteiger partial charge < -0.3 is 54.4 Å². The third kappa shape index (κ3) is 25.3. The number of nitrogens with two attached hydrogens (primary N) is 5. The fraction of sp³-hybridized carbons (Fsp3) is 1.00. The van der Waals surface area contributed by atoms with Crippen LogP contribution in [0.15, 0.2) is 0 Å². The molecule has 0 amide bonds. The summed E-state index contributed by atoms with van der Waals surface area (Å²) in [5, 5.41) is 10.7. The van der Waals surface area contributed by atoms with Gasteiger partial charge in [0.05, 0.1) is 0 Å². The van der Waals surface area contributed by atoms with Crippen molar-refractivity contribution in [3.63, 3.8) is 0 Å². The van der Waals surface area contributed by atoms with E-state index in [4.69, 9.17) is 28.7 Å². The largest absolute Gasteiger partial charge is 0.330 e. The summed E-state index contributed by atoms with van der Waals surface area (Å²) in [6.45, 7) is 26.4. The van der Waals surface area contributed by atoms with Gasteiger partial charge in [0.25, 0.3) is 0 Å². The molecular weight excluding hydrogens is 502 g/mol. The van der Waals surface area contributed by atoms with Gasteiger partial charge >= 0.3 is 0 Å². The summed E-state index contributed by atoms with van der Waals surface area (Å²) in [7, 11) is 0. The van der Waals surface area contributed by atoms with Gasteiger partial charge in [-0.3, -0.25) is 4.90 Å². The Morgan fingerprint density at radius 3 is 1.52 bits per heavy atom. The van der Waals surface area contributed by atoms with Crippen molar-refractivity contribution in [2.45, 2.75) is 52.5 Å². The Kier molecular flexibility index (Phi) is 25.9. The average Bonchev–Trinajstić information content (AvgIpc) is 2.88. The Morgan fingerprint density at radius 1 is 0.550 bits per heavy atom. The first-order chi connectivity index (χ1) is 19.1. The van der Waals surface area contributed by atoms with Crippen LogP contribution in [0, 0.1) is 11.8 Å². The predicted octanol–water partition coefficient (Wildman–Crippen LogP) is -1.32. The van der Waals surface area contributed by atoms with Crippen LogP contribution in [0.5, 0.6) is 0 Å². The number of hydrogen-bond donors (Lipinski definition) is 8. The first-order valence-electron chi connectivity index (χ1n) is 16.0. The number of nitrogens with one attached hydrogen (secondary N) is 3. The molecule has 0 aromatic rings. The third-order valence-corrected chi connectivity index (χ3v) is 7.13.